The van der Waals surface area contributed by atoms with Gasteiger partial charge in [-0.05, 0) is 24.6 Å². The molecule has 0 saturated carbocycles. The third kappa shape index (κ3) is 1.59. The number of benzene rings is 1. The van der Waals surface area contributed by atoms with Crippen LogP contribution in [0.5, 0.6) is 0 Å². The fourth-order valence-electron chi connectivity index (χ4n) is 1.78. The summed E-state index contributed by atoms with van der Waals surface area (Å²) in [6.07, 6.45) is 0.0633. The van der Waals surface area contributed by atoms with Gasteiger partial charge in [-0.15, -0.1) is 0 Å². The van der Waals surface area contributed by atoms with Crippen LogP contribution in [0.4, 0.5) is 4.39 Å². The van der Waals surface area contributed by atoms with Crippen LogP contribution in [0.3, 0.4) is 0 Å². The highest BCUT2D eigenvalue weighted by Crippen LogP contribution is 2.33. The summed E-state index contributed by atoms with van der Waals surface area (Å²) in [7, 11) is 0. The Morgan fingerprint density at radius 2 is 2.12 bits per heavy atom. The monoisotopic (exact) mass is 241 g/mol. The van der Waals surface area contributed by atoms with Crippen molar-refractivity contribution in [2.24, 2.45) is 0 Å². The molecule has 0 spiro atoms. The highest BCUT2D eigenvalue weighted by molar-refractivity contribution is 6.30. The Labute approximate surface area is 96.6 Å². The number of carbonyl (C=O) groups excluding carboxylic acids is 2. The van der Waals surface area contributed by atoms with Crippen molar-refractivity contribution in [1.29, 1.82) is 0 Å². The van der Waals surface area contributed by atoms with Gasteiger partial charge in [0, 0.05) is 6.42 Å². The maximum Gasteiger partial charge on any atom is 0.237 e. The number of carbonyl (C=O) groups is 2. The number of hydrogen-bond donors (Lipinski definition) is 1. The molecule has 0 aromatic heterocycles. The topological polar surface area (TPSA) is 46.2 Å². The molecule has 84 valence electrons. The van der Waals surface area contributed by atoms with Crippen LogP contribution in [0.15, 0.2) is 18.2 Å². The summed E-state index contributed by atoms with van der Waals surface area (Å²) < 4.78 is 13.0. The first-order valence-corrected chi connectivity index (χ1v) is 5.11. The van der Waals surface area contributed by atoms with Crippen molar-refractivity contribution in [1.82, 2.24) is 5.32 Å². The van der Waals surface area contributed by atoms with Crippen LogP contribution in [0.1, 0.15) is 18.9 Å². The molecule has 1 aromatic carbocycles. The fourth-order valence-corrected chi connectivity index (χ4v) is 1.96. The zero-order valence-electron chi connectivity index (χ0n) is 8.51. The first kappa shape index (κ1) is 11.1. The van der Waals surface area contributed by atoms with Crippen molar-refractivity contribution in [2.45, 2.75) is 18.8 Å². The number of halogens is 2. The third-order valence-corrected chi connectivity index (χ3v) is 3.11. The Bertz CT molecular complexity index is 489. The molecule has 1 aromatic rings. The van der Waals surface area contributed by atoms with Gasteiger partial charge in [0.15, 0.2) is 0 Å². The third-order valence-electron chi connectivity index (χ3n) is 2.82. The second kappa shape index (κ2) is 3.56. The number of imide groups is 1. The molecule has 1 unspecified atom stereocenters. The lowest BCUT2D eigenvalue weighted by Gasteiger charge is -2.20. The average molecular weight is 242 g/mol. The second-order valence-corrected chi connectivity index (χ2v) is 4.42. The molecule has 0 radical (unpaired) electrons. The number of amides is 2. The van der Waals surface area contributed by atoms with E-state index in [4.69, 9.17) is 11.6 Å². The van der Waals surface area contributed by atoms with Crippen LogP contribution < -0.4 is 5.32 Å². The minimum Gasteiger partial charge on any atom is -0.296 e. The predicted octanol–water partition coefficient (Wildman–Crippen LogP) is 1.78. The summed E-state index contributed by atoms with van der Waals surface area (Å²) in [6, 6.07) is 4.05. The normalized spacial score (nSPS) is 24.7. The molecule has 1 aliphatic rings. The minimum atomic E-state index is -0.950. The molecule has 2 rings (SSSR count). The zero-order chi connectivity index (χ0) is 11.9. The first-order valence-electron chi connectivity index (χ1n) is 4.73. The summed E-state index contributed by atoms with van der Waals surface area (Å²) >= 11 is 5.65. The summed E-state index contributed by atoms with van der Waals surface area (Å²) in [5.41, 5.74) is -0.406. The molecular weight excluding hydrogens is 233 g/mol. The number of hydrogen-bond acceptors (Lipinski definition) is 2. The lowest BCUT2D eigenvalue weighted by molar-refractivity contribution is -0.126. The van der Waals surface area contributed by atoms with E-state index >= 15 is 0 Å². The van der Waals surface area contributed by atoms with Gasteiger partial charge in [-0.25, -0.2) is 4.39 Å². The van der Waals surface area contributed by atoms with Crippen LogP contribution in [0, 0.1) is 5.82 Å². The predicted molar refractivity (Wildman–Crippen MR) is 56.5 cm³/mol. The Hall–Kier alpha value is -1.42. The van der Waals surface area contributed by atoms with E-state index in [0.29, 0.717) is 5.56 Å². The number of nitrogens with one attached hydrogen (secondary N) is 1. The Balaban J connectivity index is 2.47. The van der Waals surface area contributed by atoms with Crippen LogP contribution in [0.2, 0.25) is 5.02 Å². The lowest BCUT2D eigenvalue weighted by Crippen LogP contribution is -2.32. The van der Waals surface area contributed by atoms with E-state index in [9.17, 15) is 14.0 Å². The largest absolute Gasteiger partial charge is 0.296 e. The van der Waals surface area contributed by atoms with Gasteiger partial charge in [-0.3, -0.25) is 14.9 Å². The quantitative estimate of drug-likeness (QED) is 0.762. The van der Waals surface area contributed by atoms with E-state index in [1.165, 1.54) is 18.2 Å². The first-order chi connectivity index (χ1) is 7.43. The molecular formula is C11H9ClFNO2. The standard InChI is InChI=1S/C11H9ClFNO2/c1-11(5-9(15)14-10(11)16)6-2-3-8(13)7(12)4-6/h2-4H,5H2,1H3,(H,14,15,16). The van der Waals surface area contributed by atoms with Gasteiger partial charge in [0.25, 0.3) is 0 Å². The van der Waals surface area contributed by atoms with Crippen molar-refractivity contribution in [3.63, 3.8) is 0 Å². The van der Waals surface area contributed by atoms with Crippen LogP contribution >= 0.6 is 11.6 Å². The van der Waals surface area contributed by atoms with Crippen LogP contribution in [0.25, 0.3) is 0 Å². The Morgan fingerprint density at radius 3 is 2.62 bits per heavy atom. The van der Waals surface area contributed by atoms with Gasteiger partial charge in [0.2, 0.25) is 11.8 Å². The molecule has 5 heteroatoms. The molecule has 0 bridgehead atoms. The maximum absolute atomic E-state index is 13.0. The van der Waals surface area contributed by atoms with E-state index in [-0.39, 0.29) is 23.3 Å². The second-order valence-electron chi connectivity index (χ2n) is 4.02. The summed E-state index contributed by atoms with van der Waals surface area (Å²) in [4.78, 5) is 22.8. The van der Waals surface area contributed by atoms with Crippen LogP contribution in [-0.2, 0) is 15.0 Å². The molecule has 16 heavy (non-hydrogen) atoms. The van der Waals surface area contributed by atoms with Crippen LogP contribution in [-0.4, -0.2) is 11.8 Å². The molecule has 1 fully saturated rings. The van der Waals surface area contributed by atoms with E-state index in [0.717, 1.165) is 0 Å². The molecule has 1 N–H and O–H groups in total. The van der Waals surface area contributed by atoms with Crippen molar-refractivity contribution < 1.29 is 14.0 Å². The SMILES string of the molecule is CC1(c2ccc(F)c(Cl)c2)CC(=O)NC1=O. The maximum atomic E-state index is 13.0. The van der Waals surface area contributed by atoms with Gasteiger partial charge >= 0.3 is 0 Å². The van der Waals surface area contributed by atoms with Gasteiger partial charge in [-0.2, -0.15) is 0 Å². The zero-order valence-corrected chi connectivity index (χ0v) is 9.27. The van der Waals surface area contributed by atoms with Crippen molar-refractivity contribution in [3.05, 3.63) is 34.6 Å². The molecule has 1 aliphatic heterocycles. The van der Waals surface area contributed by atoms with Gasteiger partial charge in [0.05, 0.1) is 10.4 Å². The fraction of sp³-hybridized carbons (Fsp3) is 0.273. The number of rotatable bonds is 1. The van der Waals surface area contributed by atoms with Crippen molar-refractivity contribution in [2.75, 3.05) is 0 Å². The van der Waals surface area contributed by atoms with E-state index in [1.807, 2.05) is 0 Å². The Kier molecular flexibility index (Phi) is 2.46. The smallest absolute Gasteiger partial charge is 0.237 e. The Morgan fingerprint density at radius 1 is 1.44 bits per heavy atom. The van der Waals surface area contributed by atoms with Gasteiger partial charge < -0.3 is 0 Å². The summed E-state index contributed by atoms with van der Waals surface area (Å²) in [6.45, 7) is 1.64. The van der Waals surface area contributed by atoms with E-state index in [2.05, 4.69) is 5.32 Å². The minimum absolute atomic E-state index is 0.0501. The molecule has 2 amide bonds. The van der Waals surface area contributed by atoms with E-state index < -0.39 is 11.2 Å². The van der Waals surface area contributed by atoms with Crippen molar-refractivity contribution >= 4 is 23.4 Å². The molecule has 0 aliphatic carbocycles. The highest BCUT2D eigenvalue weighted by atomic mass is 35.5. The highest BCUT2D eigenvalue weighted by Gasteiger charge is 2.44. The molecule has 1 atom stereocenters. The molecule has 1 heterocycles. The molecule has 3 nitrogen and oxygen atoms in total. The van der Waals surface area contributed by atoms with Crippen molar-refractivity contribution in [3.8, 4) is 0 Å². The van der Waals surface area contributed by atoms with E-state index in [1.54, 1.807) is 6.92 Å². The lowest BCUT2D eigenvalue weighted by atomic mass is 9.81. The van der Waals surface area contributed by atoms with Gasteiger partial charge in [-0.1, -0.05) is 17.7 Å². The average Bonchev–Trinajstić information content (AvgIpc) is 2.46. The summed E-state index contributed by atoms with van der Waals surface area (Å²) in [5, 5.41) is 2.18. The molecule has 1 saturated heterocycles. The van der Waals surface area contributed by atoms with Gasteiger partial charge in [0.1, 0.15) is 5.82 Å². The summed E-state index contributed by atoms with van der Waals surface area (Å²) in [5.74, 6) is -1.24.